The molecule has 2 N–H and O–H groups in total. The number of aliphatic hydroxyl groups is 1. The molecule has 1 aliphatic rings. The van der Waals surface area contributed by atoms with Gasteiger partial charge in [0.2, 0.25) is 0 Å². The van der Waals surface area contributed by atoms with E-state index in [2.05, 4.69) is 26.0 Å². The minimum Gasteiger partial charge on any atom is -0.508 e. The van der Waals surface area contributed by atoms with E-state index in [0.717, 1.165) is 61.0 Å². The van der Waals surface area contributed by atoms with Gasteiger partial charge in [0, 0.05) is 0 Å². The Hall–Kier alpha value is -1.74. The average molecular weight is 344 g/mol. The van der Waals surface area contributed by atoms with Crippen LogP contribution in [0, 0.1) is 6.92 Å². The number of ether oxygens (including phenoxy) is 1. The van der Waals surface area contributed by atoms with Crippen LogP contribution in [0.1, 0.15) is 64.0 Å². The van der Waals surface area contributed by atoms with Crippen LogP contribution in [-0.2, 0) is 6.42 Å². The first-order valence-electron chi connectivity index (χ1n) is 9.26. The number of hydrogen-bond acceptors (Lipinski definition) is 3. The fourth-order valence-electron chi connectivity index (χ4n) is 3.37. The molecule has 0 fully saturated rings. The normalized spacial score (nSPS) is 21.0. The van der Waals surface area contributed by atoms with Crippen molar-refractivity contribution in [2.45, 2.75) is 71.8 Å². The van der Waals surface area contributed by atoms with Crippen molar-refractivity contribution in [3.05, 3.63) is 46.6 Å². The first-order chi connectivity index (χ1) is 11.8. The molecule has 138 valence electrons. The van der Waals surface area contributed by atoms with Crippen LogP contribution in [0.4, 0.5) is 0 Å². The number of aliphatic hydroxyl groups excluding tert-OH is 1. The fourth-order valence-corrected chi connectivity index (χ4v) is 3.37. The molecular formula is C22H32O3. The Morgan fingerprint density at radius 1 is 1.20 bits per heavy atom. The van der Waals surface area contributed by atoms with Crippen molar-refractivity contribution in [1.29, 1.82) is 0 Å². The molecule has 0 saturated carbocycles. The van der Waals surface area contributed by atoms with Gasteiger partial charge in [0.1, 0.15) is 17.1 Å². The third-order valence-corrected chi connectivity index (χ3v) is 5.05. The highest BCUT2D eigenvalue weighted by atomic mass is 16.5. The minimum atomic E-state index is -0.140. The summed E-state index contributed by atoms with van der Waals surface area (Å²) in [5.41, 5.74) is 4.42. The van der Waals surface area contributed by atoms with E-state index in [1.54, 1.807) is 6.07 Å². The van der Waals surface area contributed by atoms with Crippen molar-refractivity contribution >= 4 is 0 Å². The van der Waals surface area contributed by atoms with Gasteiger partial charge < -0.3 is 14.9 Å². The molecule has 0 spiro atoms. The topological polar surface area (TPSA) is 49.7 Å². The van der Waals surface area contributed by atoms with Crippen LogP contribution in [0.15, 0.2) is 35.4 Å². The summed E-state index contributed by atoms with van der Waals surface area (Å²) in [7, 11) is 0. The van der Waals surface area contributed by atoms with Gasteiger partial charge in [-0.3, -0.25) is 0 Å². The van der Waals surface area contributed by atoms with E-state index in [9.17, 15) is 5.11 Å². The number of allylic oxidation sites excluding steroid dienone is 3. The highest BCUT2D eigenvalue weighted by molar-refractivity contribution is 5.47. The van der Waals surface area contributed by atoms with E-state index in [0.29, 0.717) is 5.75 Å². The Morgan fingerprint density at radius 2 is 1.92 bits per heavy atom. The van der Waals surface area contributed by atoms with Gasteiger partial charge in [-0.1, -0.05) is 23.3 Å². The summed E-state index contributed by atoms with van der Waals surface area (Å²) in [5.74, 6) is 1.28. The second-order valence-electron chi connectivity index (χ2n) is 7.64. The first kappa shape index (κ1) is 19.6. The van der Waals surface area contributed by atoms with E-state index < -0.39 is 0 Å². The van der Waals surface area contributed by atoms with E-state index in [1.807, 2.05) is 19.9 Å². The molecule has 1 heterocycles. The zero-order chi connectivity index (χ0) is 18.4. The quantitative estimate of drug-likeness (QED) is 0.666. The summed E-state index contributed by atoms with van der Waals surface area (Å²) in [6.45, 7) is 8.47. The average Bonchev–Trinajstić information content (AvgIpc) is 2.55. The number of aromatic hydroxyl groups is 1. The molecule has 0 unspecified atom stereocenters. The van der Waals surface area contributed by atoms with E-state index in [4.69, 9.17) is 9.84 Å². The summed E-state index contributed by atoms with van der Waals surface area (Å²) in [6, 6.07) is 3.60. The van der Waals surface area contributed by atoms with Gasteiger partial charge in [-0.15, -0.1) is 0 Å². The lowest BCUT2D eigenvalue weighted by atomic mass is 9.87. The minimum absolute atomic E-state index is 0.140. The van der Waals surface area contributed by atoms with E-state index >= 15 is 0 Å². The lowest BCUT2D eigenvalue weighted by molar-refractivity contribution is 0.0561. The Balaban J connectivity index is 1.89. The summed E-state index contributed by atoms with van der Waals surface area (Å²) in [6.07, 6.45) is 10.4. The largest absolute Gasteiger partial charge is 0.508 e. The van der Waals surface area contributed by atoms with Crippen molar-refractivity contribution in [1.82, 2.24) is 0 Å². The fraction of sp³-hybridized carbons (Fsp3) is 0.545. The lowest BCUT2D eigenvalue weighted by Crippen LogP contribution is -2.36. The maximum atomic E-state index is 9.74. The lowest BCUT2D eigenvalue weighted by Gasteiger charge is -2.36. The second kappa shape index (κ2) is 8.57. The first-order valence-corrected chi connectivity index (χ1v) is 9.26. The highest BCUT2D eigenvalue weighted by Gasteiger charge is 2.31. The molecular weight excluding hydrogens is 312 g/mol. The summed E-state index contributed by atoms with van der Waals surface area (Å²) in [5, 5.41) is 18.7. The molecule has 1 aromatic carbocycles. The van der Waals surface area contributed by atoms with Crippen molar-refractivity contribution in [2.24, 2.45) is 0 Å². The smallest absolute Gasteiger partial charge is 0.126 e. The van der Waals surface area contributed by atoms with Crippen molar-refractivity contribution in [3.8, 4) is 11.5 Å². The van der Waals surface area contributed by atoms with Crippen LogP contribution in [0.5, 0.6) is 11.5 Å². The number of rotatable bonds is 7. The number of hydrogen-bond donors (Lipinski definition) is 2. The van der Waals surface area contributed by atoms with Crippen LogP contribution < -0.4 is 4.74 Å². The standard InChI is InChI=1S/C22H32O3/c1-16(7-5-8-17(2)15-23)9-6-11-22(4)12-10-19-14-20(24)13-18(3)21(19)25-22/h8-9,13-14,23-24H,5-7,10-12,15H2,1-4H3/t22-/m1/s1. The van der Waals surface area contributed by atoms with Crippen molar-refractivity contribution < 1.29 is 14.9 Å². The van der Waals surface area contributed by atoms with Gasteiger partial charge in [0.05, 0.1) is 6.61 Å². The summed E-state index contributed by atoms with van der Waals surface area (Å²) >= 11 is 0. The van der Waals surface area contributed by atoms with Crippen LogP contribution in [0.25, 0.3) is 0 Å². The molecule has 1 aliphatic heterocycles. The van der Waals surface area contributed by atoms with Crippen molar-refractivity contribution in [3.63, 3.8) is 0 Å². The zero-order valence-electron chi connectivity index (χ0n) is 16.1. The number of phenolic OH excluding ortho intramolecular Hbond substituents is 1. The molecule has 0 aromatic heterocycles. The maximum Gasteiger partial charge on any atom is 0.126 e. The molecule has 0 aliphatic carbocycles. The van der Waals surface area contributed by atoms with Crippen LogP contribution in [-0.4, -0.2) is 22.4 Å². The van der Waals surface area contributed by atoms with E-state index in [-0.39, 0.29) is 12.2 Å². The Labute approximate surface area is 152 Å². The molecule has 0 bridgehead atoms. The molecule has 2 rings (SSSR count). The van der Waals surface area contributed by atoms with Crippen LogP contribution in [0.2, 0.25) is 0 Å². The molecule has 0 radical (unpaired) electrons. The predicted molar refractivity (Wildman–Crippen MR) is 103 cm³/mol. The van der Waals surface area contributed by atoms with Crippen molar-refractivity contribution in [2.75, 3.05) is 6.61 Å². The second-order valence-corrected chi connectivity index (χ2v) is 7.64. The maximum absolute atomic E-state index is 9.74. The summed E-state index contributed by atoms with van der Waals surface area (Å²) < 4.78 is 6.34. The summed E-state index contributed by atoms with van der Waals surface area (Å²) in [4.78, 5) is 0. The Bertz CT molecular complexity index is 657. The van der Waals surface area contributed by atoms with Gasteiger partial charge in [-0.25, -0.2) is 0 Å². The van der Waals surface area contributed by atoms with Gasteiger partial charge in [0.25, 0.3) is 0 Å². The van der Waals surface area contributed by atoms with Crippen LogP contribution in [0.3, 0.4) is 0 Å². The molecule has 3 nitrogen and oxygen atoms in total. The molecule has 1 aromatic rings. The third kappa shape index (κ3) is 5.64. The Kier molecular flexibility index (Phi) is 6.71. The van der Waals surface area contributed by atoms with Crippen LogP contribution >= 0.6 is 0 Å². The highest BCUT2D eigenvalue weighted by Crippen LogP contribution is 2.39. The molecule has 0 amide bonds. The Morgan fingerprint density at radius 3 is 2.64 bits per heavy atom. The van der Waals surface area contributed by atoms with E-state index in [1.165, 1.54) is 5.57 Å². The van der Waals surface area contributed by atoms with Gasteiger partial charge >= 0.3 is 0 Å². The monoisotopic (exact) mass is 344 g/mol. The molecule has 0 saturated heterocycles. The number of fused-ring (bicyclic) bond motifs is 1. The number of aryl methyl sites for hydroxylation is 2. The van der Waals surface area contributed by atoms with Gasteiger partial charge in [-0.2, -0.15) is 0 Å². The predicted octanol–water partition coefficient (Wildman–Crippen LogP) is 5.23. The third-order valence-electron chi connectivity index (χ3n) is 5.05. The van der Waals surface area contributed by atoms with Gasteiger partial charge in [-0.05, 0) is 89.5 Å². The van der Waals surface area contributed by atoms with Gasteiger partial charge in [0.15, 0.2) is 0 Å². The molecule has 25 heavy (non-hydrogen) atoms. The number of phenols is 1. The number of benzene rings is 1. The zero-order valence-corrected chi connectivity index (χ0v) is 16.1. The molecule has 1 atom stereocenters. The SMILES string of the molecule is CC(=CCCC(C)=CCC[C@]1(C)CCc2cc(O)cc(C)c2O1)CO. The molecule has 3 heteroatoms.